The molecule has 0 aliphatic rings. The number of Topliss-reactive ketones (excluding diaryl/α,β-unsaturated/α-hetero) is 1. The molecule has 0 aromatic heterocycles. The van der Waals surface area contributed by atoms with Crippen LogP contribution >= 0.6 is 15.9 Å². The fraction of sp³-hybridized carbons (Fsp3) is 0.100. The first kappa shape index (κ1) is 9.02. The molecule has 0 aliphatic carbocycles. The third-order valence-corrected chi connectivity index (χ3v) is 2.19. The Hall–Kier alpha value is -1.07. The molecule has 12 heavy (non-hydrogen) atoms. The van der Waals surface area contributed by atoms with Gasteiger partial charge in [0.15, 0.2) is 0 Å². The van der Waals surface area contributed by atoms with Crippen molar-refractivity contribution in [2.45, 2.75) is 6.92 Å². The van der Waals surface area contributed by atoms with Gasteiger partial charge in [-0.1, -0.05) is 27.6 Å². The van der Waals surface area contributed by atoms with Gasteiger partial charge < -0.3 is 0 Å². The van der Waals surface area contributed by atoms with Crippen LogP contribution in [-0.4, -0.2) is 5.78 Å². The van der Waals surface area contributed by atoms with Crippen molar-refractivity contribution < 1.29 is 4.79 Å². The summed E-state index contributed by atoms with van der Waals surface area (Å²) < 4.78 is 0.746. The summed E-state index contributed by atoms with van der Waals surface area (Å²) in [6.45, 7) is 1.92. The van der Waals surface area contributed by atoms with Crippen LogP contribution in [0.5, 0.6) is 0 Å². The van der Waals surface area contributed by atoms with Crippen LogP contribution in [0.2, 0.25) is 0 Å². The highest BCUT2D eigenvalue weighted by Crippen LogP contribution is 2.18. The smallest absolute Gasteiger partial charge is 0.236 e. The number of carbonyl (C=O) groups is 1. The molecule has 1 aromatic carbocycles. The number of benzene rings is 1. The van der Waals surface area contributed by atoms with Gasteiger partial charge in [0.2, 0.25) is 5.78 Å². The van der Waals surface area contributed by atoms with Gasteiger partial charge in [0, 0.05) is 10.0 Å². The molecular weight excluding hydrogens is 216 g/mol. The summed E-state index contributed by atoms with van der Waals surface area (Å²) in [5.41, 5.74) is 1.58. The van der Waals surface area contributed by atoms with Crippen molar-refractivity contribution in [2.24, 2.45) is 0 Å². The molecule has 1 rings (SSSR count). The third-order valence-electron chi connectivity index (χ3n) is 1.50. The minimum Gasteiger partial charge on any atom is -0.279 e. The van der Waals surface area contributed by atoms with Gasteiger partial charge in [-0.25, -0.2) is 0 Å². The summed E-state index contributed by atoms with van der Waals surface area (Å²) in [6.07, 6.45) is 5.00. The molecule has 0 N–H and O–H groups in total. The van der Waals surface area contributed by atoms with E-state index in [9.17, 15) is 4.79 Å². The third kappa shape index (κ3) is 1.75. The Balaban J connectivity index is 3.25. The van der Waals surface area contributed by atoms with E-state index in [1.165, 1.54) is 0 Å². The topological polar surface area (TPSA) is 17.1 Å². The summed E-state index contributed by atoms with van der Waals surface area (Å²) in [7, 11) is 0. The van der Waals surface area contributed by atoms with E-state index in [-0.39, 0.29) is 5.78 Å². The van der Waals surface area contributed by atoms with Crippen LogP contribution in [-0.2, 0) is 0 Å². The highest BCUT2D eigenvalue weighted by Gasteiger charge is 2.06. The number of carbonyl (C=O) groups excluding carboxylic acids is 1. The minimum atomic E-state index is -0.287. The van der Waals surface area contributed by atoms with Crippen molar-refractivity contribution in [1.82, 2.24) is 0 Å². The molecule has 0 fully saturated rings. The van der Waals surface area contributed by atoms with E-state index in [1.54, 1.807) is 6.07 Å². The maximum absolute atomic E-state index is 11.1. The molecule has 0 radical (unpaired) electrons. The first-order valence-electron chi connectivity index (χ1n) is 3.42. The highest BCUT2D eigenvalue weighted by molar-refractivity contribution is 9.10. The Morgan fingerprint density at radius 3 is 2.83 bits per heavy atom. The largest absolute Gasteiger partial charge is 0.279 e. The summed E-state index contributed by atoms with van der Waals surface area (Å²) in [5, 5.41) is 0. The van der Waals surface area contributed by atoms with E-state index in [0.717, 1.165) is 10.0 Å². The van der Waals surface area contributed by atoms with Crippen LogP contribution in [0.25, 0.3) is 0 Å². The zero-order valence-electron chi connectivity index (χ0n) is 6.60. The lowest BCUT2D eigenvalue weighted by molar-refractivity contribution is 0.105. The molecule has 0 spiro atoms. The first-order chi connectivity index (χ1) is 5.65. The quantitative estimate of drug-likeness (QED) is 0.406. The summed E-state index contributed by atoms with van der Waals surface area (Å²) in [4.78, 5) is 11.1. The van der Waals surface area contributed by atoms with Crippen LogP contribution in [0.4, 0.5) is 0 Å². The average Bonchev–Trinajstić information content (AvgIpc) is 2.08. The summed E-state index contributed by atoms with van der Waals surface area (Å²) in [6, 6.07) is 5.50. The van der Waals surface area contributed by atoms with Gasteiger partial charge in [-0.3, -0.25) is 4.79 Å². The first-order valence-corrected chi connectivity index (χ1v) is 4.21. The molecule has 60 valence electrons. The lowest BCUT2D eigenvalue weighted by atomic mass is 10.1. The molecule has 0 bridgehead atoms. The highest BCUT2D eigenvalue weighted by atomic mass is 79.9. The molecule has 0 aliphatic heterocycles. The van der Waals surface area contributed by atoms with Gasteiger partial charge in [-0.2, -0.15) is 0 Å². The number of ketones is 1. The lowest BCUT2D eigenvalue weighted by Crippen LogP contribution is -1.96. The molecule has 0 heterocycles. The standard InChI is InChI=1S/C10H7BrO/c1-3-10(12)8-6-7(2)4-5-9(8)11/h1,4-6H,2H3. The predicted molar refractivity (Wildman–Crippen MR) is 52.0 cm³/mol. The van der Waals surface area contributed by atoms with E-state index in [4.69, 9.17) is 6.42 Å². The fourth-order valence-electron chi connectivity index (χ4n) is 0.891. The Kier molecular flexibility index (Phi) is 2.67. The molecule has 0 saturated heterocycles. The van der Waals surface area contributed by atoms with E-state index in [0.29, 0.717) is 5.56 Å². The monoisotopic (exact) mass is 222 g/mol. The molecule has 0 amide bonds. The second-order valence-electron chi connectivity index (χ2n) is 2.46. The minimum absolute atomic E-state index is 0.287. The van der Waals surface area contributed by atoms with Gasteiger partial charge >= 0.3 is 0 Å². The normalized spacial score (nSPS) is 9.08. The van der Waals surface area contributed by atoms with Gasteiger partial charge in [0.1, 0.15) is 0 Å². The van der Waals surface area contributed by atoms with Gasteiger partial charge in [0.25, 0.3) is 0 Å². The molecule has 0 saturated carbocycles. The van der Waals surface area contributed by atoms with E-state index >= 15 is 0 Å². The van der Waals surface area contributed by atoms with Gasteiger partial charge in [-0.15, -0.1) is 6.42 Å². The zero-order chi connectivity index (χ0) is 9.14. The number of terminal acetylenes is 1. The van der Waals surface area contributed by atoms with Crippen molar-refractivity contribution in [1.29, 1.82) is 0 Å². The molecule has 0 atom stereocenters. The summed E-state index contributed by atoms with van der Waals surface area (Å²) >= 11 is 3.26. The predicted octanol–water partition coefficient (Wildman–Crippen LogP) is 2.57. The van der Waals surface area contributed by atoms with Gasteiger partial charge in [0.05, 0.1) is 0 Å². The molecule has 2 heteroatoms. The molecule has 1 nitrogen and oxygen atoms in total. The zero-order valence-corrected chi connectivity index (χ0v) is 8.18. The van der Waals surface area contributed by atoms with Crippen LogP contribution in [0, 0.1) is 19.3 Å². The van der Waals surface area contributed by atoms with Crippen LogP contribution < -0.4 is 0 Å². The summed E-state index contributed by atoms with van der Waals surface area (Å²) in [5.74, 6) is 1.79. The second-order valence-corrected chi connectivity index (χ2v) is 3.31. The van der Waals surface area contributed by atoms with E-state index < -0.39 is 0 Å². The van der Waals surface area contributed by atoms with Crippen molar-refractivity contribution in [3.63, 3.8) is 0 Å². The van der Waals surface area contributed by atoms with Crippen molar-refractivity contribution in [3.8, 4) is 12.3 Å². The van der Waals surface area contributed by atoms with Crippen LogP contribution in [0.15, 0.2) is 22.7 Å². The number of aryl methyl sites for hydroxylation is 1. The van der Waals surface area contributed by atoms with E-state index in [1.807, 2.05) is 19.1 Å². The number of hydrogen-bond donors (Lipinski definition) is 0. The molecular formula is C10H7BrO. The van der Waals surface area contributed by atoms with E-state index in [2.05, 4.69) is 21.9 Å². The Morgan fingerprint density at radius 2 is 2.25 bits per heavy atom. The van der Waals surface area contributed by atoms with Crippen LogP contribution in [0.1, 0.15) is 15.9 Å². The molecule has 0 unspecified atom stereocenters. The second kappa shape index (κ2) is 3.55. The maximum Gasteiger partial charge on any atom is 0.236 e. The van der Waals surface area contributed by atoms with Gasteiger partial charge in [-0.05, 0) is 25.0 Å². The average molecular weight is 223 g/mol. The van der Waals surface area contributed by atoms with Crippen LogP contribution in [0.3, 0.4) is 0 Å². The van der Waals surface area contributed by atoms with Crippen molar-refractivity contribution >= 4 is 21.7 Å². The molecule has 1 aromatic rings. The Labute approximate surface area is 79.9 Å². The van der Waals surface area contributed by atoms with Crippen molar-refractivity contribution in [2.75, 3.05) is 0 Å². The fourth-order valence-corrected chi connectivity index (χ4v) is 1.32. The Bertz CT molecular complexity index is 361. The van der Waals surface area contributed by atoms with Crippen molar-refractivity contribution in [3.05, 3.63) is 33.8 Å². The number of halogens is 1. The maximum atomic E-state index is 11.1. The number of rotatable bonds is 1. The Morgan fingerprint density at radius 1 is 1.58 bits per heavy atom. The lowest BCUT2D eigenvalue weighted by Gasteiger charge is -1.99. The number of hydrogen-bond acceptors (Lipinski definition) is 1. The SMILES string of the molecule is C#CC(=O)c1cc(C)ccc1Br.